The van der Waals surface area contributed by atoms with Crippen molar-refractivity contribution in [2.45, 2.75) is 0 Å². The highest BCUT2D eigenvalue weighted by Gasteiger charge is 2.11. The fraction of sp³-hybridized carbons (Fsp3) is 0.100. The van der Waals surface area contributed by atoms with Crippen LogP contribution in [0.3, 0.4) is 0 Å². The number of para-hydroxylation sites is 1. The van der Waals surface area contributed by atoms with Crippen LogP contribution in [-0.2, 0) is 0 Å². The summed E-state index contributed by atoms with van der Waals surface area (Å²) in [5.41, 5.74) is 1.04. The zero-order chi connectivity index (χ0) is 18.9. The molecule has 0 bridgehead atoms. The summed E-state index contributed by atoms with van der Waals surface area (Å²) < 4.78 is 5.66. The molecule has 0 saturated carbocycles. The molecule has 0 aliphatic carbocycles. The van der Waals surface area contributed by atoms with Crippen molar-refractivity contribution in [2.75, 3.05) is 18.4 Å². The Hall–Kier alpha value is -2.63. The smallest absolute Gasteiger partial charge is 0.265 e. The molecule has 0 aliphatic heterocycles. The maximum atomic E-state index is 12.3. The minimum absolute atomic E-state index is 0.257. The Morgan fingerprint density at radius 1 is 1.12 bits per heavy atom. The molecule has 134 valence electrons. The highest BCUT2D eigenvalue weighted by molar-refractivity contribution is 7.80. The molecule has 26 heavy (non-hydrogen) atoms. The third kappa shape index (κ3) is 5.44. The lowest BCUT2D eigenvalue weighted by atomic mass is 10.2. The molecular formula is C20H19ClN2O2S. The van der Waals surface area contributed by atoms with E-state index in [2.05, 4.69) is 18.5 Å². The summed E-state index contributed by atoms with van der Waals surface area (Å²) in [6, 6.07) is 13.8. The third-order valence-corrected chi connectivity index (χ3v) is 4.07. The quantitative estimate of drug-likeness (QED) is 0.541. The zero-order valence-corrected chi connectivity index (χ0v) is 15.7. The van der Waals surface area contributed by atoms with Gasteiger partial charge in [-0.1, -0.05) is 35.9 Å². The van der Waals surface area contributed by atoms with Crippen molar-refractivity contribution in [1.29, 1.82) is 0 Å². The molecule has 0 atom stereocenters. The summed E-state index contributed by atoms with van der Waals surface area (Å²) in [4.78, 5) is 14.1. The second-order valence-corrected chi connectivity index (χ2v) is 6.07. The van der Waals surface area contributed by atoms with Gasteiger partial charge in [-0.15, -0.1) is 13.2 Å². The molecule has 2 aromatic rings. The number of rotatable bonds is 7. The molecule has 4 nitrogen and oxygen atoms in total. The molecule has 1 N–H and O–H groups in total. The lowest BCUT2D eigenvalue weighted by Gasteiger charge is -2.21. The summed E-state index contributed by atoms with van der Waals surface area (Å²) in [6.07, 6.45) is 3.47. The van der Waals surface area contributed by atoms with E-state index < -0.39 is 0 Å². The van der Waals surface area contributed by atoms with Crippen LogP contribution in [0.15, 0.2) is 73.8 Å². The maximum absolute atomic E-state index is 12.3. The van der Waals surface area contributed by atoms with E-state index in [1.165, 1.54) is 0 Å². The number of ether oxygens (including phenoxy) is 1. The van der Waals surface area contributed by atoms with Gasteiger partial charge in [0.25, 0.3) is 11.1 Å². The van der Waals surface area contributed by atoms with E-state index >= 15 is 0 Å². The van der Waals surface area contributed by atoms with Gasteiger partial charge in [-0.05, 0) is 48.6 Å². The molecule has 1 amide bonds. The molecule has 2 aromatic carbocycles. The van der Waals surface area contributed by atoms with Gasteiger partial charge in [0, 0.05) is 18.7 Å². The lowest BCUT2D eigenvalue weighted by Crippen LogP contribution is -2.33. The monoisotopic (exact) mass is 386 g/mol. The van der Waals surface area contributed by atoms with Crippen molar-refractivity contribution >= 4 is 40.6 Å². The van der Waals surface area contributed by atoms with Gasteiger partial charge in [0.15, 0.2) is 0 Å². The number of nitrogens with one attached hydrogen (secondary N) is 1. The van der Waals surface area contributed by atoms with Gasteiger partial charge < -0.3 is 15.0 Å². The van der Waals surface area contributed by atoms with Crippen LogP contribution in [0.2, 0.25) is 5.02 Å². The minimum Gasteiger partial charge on any atom is -0.432 e. The first-order chi connectivity index (χ1) is 12.5. The number of hydrogen-bond donors (Lipinski definition) is 1. The van der Waals surface area contributed by atoms with Crippen LogP contribution in [-0.4, -0.2) is 29.1 Å². The molecule has 2 rings (SSSR count). The van der Waals surface area contributed by atoms with Crippen molar-refractivity contribution in [3.8, 4) is 5.75 Å². The molecule has 6 heteroatoms. The fourth-order valence-electron chi connectivity index (χ4n) is 2.13. The highest BCUT2D eigenvalue weighted by atomic mass is 35.5. The SMILES string of the molecule is C=CCN(CC=C)C(=S)Oc1ccc(C(=O)Nc2ccccc2Cl)cc1. The highest BCUT2D eigenvalue weighted by Crippen LogP contribution is 2.21. The van der Waals surface area contributed by atoms with Crippen LogP contribution in [0, 0.1) is 0 Å². The summed E-state index contributed by atoms with van der Waals surface area (Å²) in [5.74, 6) is 0.287. The van der Waals surface area contributed by atoms with Crippen molar-refractivity contribution < 1.29 is 9.53 Å². The molecule has 0 aromatic heterocycles. The van der Waals surface area contributed by atoms with E-state index in [-0.39, 0.29) is 5.91 Å². The van der Waals surface area contributed by atoms with Crippen LogP contribution >= 0.6 is 23.8 Å². The van der Waals surface area contributed by atoms with Gasteiger partial charge in [0.2, 0.25) is 0 Å². The number of nitrogens with zero attached hydrogens (tertiary/aromatic N) is 1. The average Bonchev–Trinajstić information content (AvgIpc) is 2.64. The van der Waals surface area contributed by atoms with E-state index in [1.54, 1.807) is 60.7 Å². The number of halogens is 1. The number of carbonyl (C=O) groups excluding carboxylic acids is 1. The molecule has 0 radical (unpaired) electrons. The van der Waals surface area contributed by atoms with E-state index in [0.717, 1.165) is 0 Å². The normalized spacial score (nSPS) is 9.88. The van der Waals surface area contributed by atoms with Gasteiger partial charge in [-0.3, -0.25) is 4.79 Å². The molecule has 0 spiro atoms. The van der Waals surface area contributed by atoms with Crippen LogP contribution in [0.1, 0.15) is 10.4 Å². The molecule has 0 heterocycles. The van der Waals surface area contributed by atoms with Crippen molar-refractivity contribution in [3.63, 3.8) is 0 Å². The molecule has 0 saturated heterocycles. The second kappa shape index (κ2) is 9.75. The molecule has 0 fully saturated rings. The second-order valence-electron chi connectivity index (χ2n) is 5.31. The molecule has 0 aliphatic rings. The maximum Gasteiger partial charge on any atom is 0.265 e. The van der Waals surface area contributed by atoms with Crippen LogP contribution in [0.25, 0.3) is 0 Å². The van der Waals surface area contributed by atoms with E-state index in [4.69, 9.17) is 28.6 Å². The summed E-state index contributed by atoms with van der Waals surface area (Å²) in [7, 11) is 0. The Balaban J connectivity index is 2.02. The first-order valence-electron chi connectivity index (χ1n) is 7.89. The van der Waals surface area contributed by atoms with Gasteiger partial charge in [0.1, 0.15) is 5.75 Å². The topological polar surface area (TPSA) is 41.6 Å². The fourth-order valence-corrected chi connectivity index (χ4v) is 2.56. The van der Waals surface area contributed by atoms with E-state index in [9.17, 15) is 4.79 Å². The van der Waals surface area contributed by atoms with E-state index in [1.807, 2.05) is 4.90 Å². The van der Waals surface area contributed by atoms with Crippen LogP contribution in [0.5, 0.6) is 5.75 Å². The summed E-state index contributed by atoms with van der Waals surface area (Å²) >= 11 is 11.3. The summed E-state index contributed by atoms with van der Waals surface area (Å²) in [5, 5.41) is 3.57. The molecule has 0 unspecified atom stereocenters. The third-order valence-electron chi connectivity index (χ3n) is 3.40. The van der Waals surface area contributed by atoms with Gasteiger partial charge in [0.05, 0.1) is 10.7 Å². The number of hydrogen-bond acceptors (Lipinski definition) is 3. The predicted molar refractivity (Wildman–Crippen MR) is 111 cm³/mol. The largest absolute Gasteiger partial charge is 0.432 e. The van der Waals surface area contributed by atoms with E-state index in [0.29, 0.717) is 40.3 Å². The standard InChI is InChI=1S/C20H19ClN2O2S/c1-3-13-23(14-4-2)20(26)25-16-11-9-15(10-12-16)19(24)22-18-8-6-5-7-17(18)21/h3-12H,1-2,13-14H2,(H,22,24). The first kappa shape index (κ1) is 19.7. The number of benzene rings is 2. The number of thiocarbonyl (C=S) groups is 1. The van der Waals surface area contributed by atoms with Crippen molar-refractivity contribution in [1.82, 2.24) is 4.90 Å². The number of amides is 1. The van der Waals surface area contributed by atoms with Crippen molar-refractivity contribution in [2.24, 2.45) is 0 Å². The summed E-state index contributed by atoms with van der Waals surface area (Å²) in [6.45, 7) is 8.51. The Kier molecular flexibility index (Phi) is 7.38. The lowest BCUT2D eigenvalue weighted by molar-refractivity contribution is 0.102. The Labute approximate surface area is 163 Å². The van der Waals surface area contributed by atoms with Gasteiger partial charge >= 0.3 is 0 Å². The predicted octanol–water partition coefficient (Wildman–Crippen LogP) is 4.93. The van der Waals surface area contributed by atoms with Gasteiger partial charge in [-0.2, -0.15) is 0 Å². The van der Waals surface area contributed by atoms with Gasteiger partial charge in [-0.25, -0.2) is 0 Å². The minimum atomic E-state index is -0.257. The average molecular weight is 387 g/mol. The number of carbonyl (C=O) groups is 1. The van der Waals surface area contributed by atoms with Crippen LogP contribution < -0.4 is 10.1 Å². The Morgan fingerprint density at radius 2 is 1.73 bits per heavy atom. The Bertz CT molecular complexity index is 796. The molecular weight excluding hydrogens is 368 g/mol. The zero-order valence-electron chi connectivity index (χ0n) is 14.2. The number of anilines is 1. The first-order valence-corrected chi connectivity index (χ1v) is 8.68. The Morgan fingerprint density at radius 3 is 2.31 bits per heavy atom. The van der Waals surface area contributed by atoms with Crippen LogP contribution in [0.4, 0.5) is 5.69 Å². The van der Waals surface area contributed by atoms with Crippen molar-refractivity contribution in [3.05, 3.63) is 84.4 Å².